The number of benzene rings is 1. The van der Waals surface area contributed by atoms with E-state index in [2.05, 4.69) is 5.32 Å². The Kier molecular flexibility index (Phi) is 3.69. The SMILES string of the molecule is OCC1(Nc2ccc(Cl)cc2)CCOCC1. The normalized spacial score (nSPS) is 19.4. The van der Waals surface area contributed by atoms with Crippen LogP contribution in [0.4, 0.5) is 5.69 Å². The van der Waals surface area contributed by atoms with Crippen LogP contribution in [0.1, 0.15) is 12.8 Å². The van der Waals surface area contributed by atoms with E-state index in [-0.39, 0.29) is 12.1 Å². The molecule has 1 aromatic carbocycles. The third-order valence-electron chi connectivity index (χ3n) is 3.01. The molecule has 88 valence electrons. The van der Waals surface area contributed by atoms with Crippen molar-refractivity contribution in [1.82, 2.24) is 0 Å². The lowest BCUT2D eigenvalue weighted by atomic mass is 9.90. The number of hydrogen-bond acceptors (Lipinski definition) is 3. The van der Waals surface area contributed by atoms with Crippen LogP contribution in [0, 0.1) is 0 Å². The number of hydrogen-bond donors (Lipinski definition) is 2. The first-order valence-corrected chi connectivity index (χ1v) is 5.84. The molecule has 4 heteroatoms. The summed E-state index contributed by atoms with van der Waals surface area (Å²) in [4.78, 5) is 0. The van der Waals surface area contributed by atoms with Crippen molar-refractivity contribution in [3.63, 3.8) is 0 Å². The summed E-state index contributed by atoms with van der Waals surface area (Å²) in [6.07, 6.45) is 1.65. The average Bonchev–Trinajstić information content (AvgIpc) is 2.33. The van der Waals surface area contributed by atoms with Gasteiger partial charge < -0.3 is 15.2 Å². The number of nitrogens with one attached hydrogen (secondary N) is 1. The van der Waals surface area contributed by atoms with Gasteiger partial charge in [0.1, 0.15) is 0 Å². The summed E-state index contributed by atoms with van der Waals surface area (Å²) in [7, 11) is 0. The van der Waals surface area contributed by atoms with Crippen LogP contribution in [-0.2, 0) is 4.74 Å². The number of aliphatic hydroxyl groups is 1. The third kappa shape index (κ3) is 2.67. The van der Waals surface area contributed by atoms with Crippen molar-refractivity contribution in [2.75, 3.05) is 25.1 Å². The maximum atomic E-state index is 9.51. The minimum absolute atomic E-state index is 0.124. The summed E-state index contributed by atoms with van der Waals surface area (Å²) in [5.74, 6) is 0. The van der Waals surface area contributed by atoms with E-state index in [1.54, 1.807) is 0 Å². The fraction of sp³-hybridized carbons (Fsp3) is 0.500. The Labute approximate surface area is 100 Å². The van der Waals surface area contributed by atoms with E-state index in [0.717, 1.165) is 23.6 Å². The fourth-order valence-corrected chi connectivity index (χ4v) is 2.05. The molecule has 0 aromatic heterocycles. The Morgan fingerprint density at radius 2 is 1.88 bits per heavy atom. The third-order valence-corrected chi connectivity index (χ3v) is 3.26. The van der Waals surface area contributed by atoms with Crippen LogP contribution >= 0.6 is 11.6 Å². The van der Waals surface area contributed by atoms with Gasteiger partial charge in [0.2, 0.25) is 0 Å². The van der Waals surface area contributed by atoms with E-state index in [9.17, 15) is 5.11 Å². The van der Waals surface area contributed by atoms with Crippen LogP contribution < -0.4 is 5.32 Å². The Hall–Kier alpha value is -0.770. The summed E-state index contributed by atoms with van der Waals surface area (Å²) in [6.45, 7) is 1.52. The molecule has 0 unspecified atom stereocenters. The number of aliphatic hydroxyl groups excluding tert-OH is 1. The second kappa shape index (κ2) is 5.04. The second-order valence-electron chi connectivity index (χ2n) is 4.18. The van der Waals surface area contributed by atoms with Crippen LogP contribution in [0.5, 0.6) is 0 Å². The molecule has 1 saturated heterocycles. The number of ether oxygens (including phenoxy) is 1. The smallest absolute Gasteiger partial charge is 0.0663 e. The van der Waals surface area contributed by atoms with Crippen LogP contribution in [0.3, 0.4) is 0 Å². The van der Waals surface area contributed by atoms with Gasteiger partial charge in [-0.1, -0.05) is 11.6 Å². The van der Waals surface area contributed by atoms with Gasteiger partial charge in [-0.2, -0.15) is 0 Å². The van der Waals surface area contributed by atoms with Gasteiger partial charge in [-0.3, -0.25) is 0 Å². The van der Waals surface area contributed by atoms with E-state index in [1.165, 1.54) is 0 Å². The minimum Gasteiger partial charge on any atom is -0.394 e. The van der Waals surface area contributed by atoms with Crippen molar-refractivity contribution in [3.8, 4) is 0 Å². The Balaban J connectivity index is 2.08. The van der Waals surface area contributed by atoms with E-state index in [4.69, 9.17) is 16.3 Å². The zero-order chi connectivity index (χ0) is 11.4. The predicted molar refractivity (Wildman–Crippen MR) is 64.9 cm³/mol. The molecular weight excluding hydrogens is 226 g/mol. The molecule has 1 aromatic rings. The first kappa shape index (κ1) is 11.7. The van der Waals surface area contributed by atoms with Crippen LogP contribution in [0.25, 0.3) is 0 Å². The van der Waals surface area contributed by atoms with Gasteiger partial charge in [0, 0.05) is 23.9 Å². The van der Waals surface area contributed by atoms with Crippen LogP contribution in [0.2, 0.25) is 5.02 Å². The average molecular weight is 242 g/mol. The molecule has 2 rings (SSSR count). The van der Waals surface area contributed by atoms with E-state index in [0.29, 0.717) is 13.2 Å². The molecule has 1 fully saturated rings. The maximum Gasteiger partial charge on any atom is 0.0663 e. The second-order valence-corrected chi connectivity index (χ2v) is 4.62. The van der Waals surface area contributed by atoms with Gasteiger partial charge in [-0.15, -0.1) is 0 Å². The molecule has 0 aliphatic carbocycles. The molecule has 0 atom stereocenters. The summed E-state index contributed by atoms with van der Waals surface area (Å²) in [5, 5.41) is 13.6. The molecule has 1 heterocycles. The van der Waals surface area contributed by atoms with Gasteiger partial charge >= 0.3 is 0 Å². The molecule has 3 nitrogen and oxygen atoms in total. The fourth-order valence-electron chi connectivity index (χ4n) is 1.92. The minimum atomic E-state index is -0.244. The van der Waals surface area contributed by atoms with Gasteiger partial charge in [0.25, 0.3) is 0 Å². The maximum absolute atomic E-state index is 9.51. The monoisotopic (exact) mass is 241 g/mol. The van der Waals surface area contributed by atoms with Crippen molar-refractivity contribution >= 4 is 17.3 Å². The topological polar surface area (TPSA) is 41.5 Å². The lowest BCUT2D eigenvalue weighted by Crippen LogP contribution is -2.46. The molecule has 1 aliphatic rings. The lowest BCUT2D eigenvalue weighted by molar-refractivity contribution is 0.0380. The van der Waals surface area contributed by atoms with E-state index >= 15 is 0 Å². The van der Waals surface area contributed by atoms with Gasteiger partial charge in [-0.25, -0.2) is 0 Å². The van der Waals surface area contributed by atoms with Crippen molar-refractivity contribution in [3.05, 3.63) is 29.3 Å². The van der Waals surface area contributed by atoms with Crippen molar-refractivity contribution in [1.29, 1.82) is 0 Å². The molecule has 2 N–H and O–H groups in total. The zero-order valence-electron chi connectivity index (χ0n) is 9.08. The number of anilines is 1. The van der Waals surface area contributed by atoms with E-state index in [1.807, 2.05) is 24.3 Å². The summed E-state index contributed by atoms with van der Waals surface area (Å²) >= 11 is 5.83. The molecule has 16 heavy (non-hydrogen) atoms. The van der Waals surface area contributed by atoms with Gasteiger partial charge in [0.15, 0.2) is 0 Å². The number of halogens is 1. The molecule has 0 radical (unpaired) electrons. The molecule has 0 spiro atoms. The van der Waals surface area contributed by atoms with Crippen molar-refractivity contribution < 1.29 is 9.84 Å². The first-order valence-electron chi connectivity index (χ1n) is 5.46. The summed E-state index contributed by atoms with van der Waals surface area (Å²) < 4.78 is 5.31. The highest BCUT2D eigenvalue weighted by molar-refractivity contribution is 6.30. The Morgan fingerprint density at radius 3 is 2.44 bits per heavy atom. The highest BCUT2D eigenvalue weighted by atomic mass is 35.5. The first-order chi connectivity index (χ1) is 7.74. The number of rotatable bonds is 3. The predicted octanol–water partition coefficient (Wildman–Crippen LogP) is 2.29. The highest BCUT2D eigenvalue weighted by Gasteiger charge is 2.31. The molecule has 0 bridgehead atoms. The van der Waals surface area contributed by atoms with Crippen molar-refractivity contribution in [2.24, 2.45) is 0 Å². The quantitative estimate of drug-likeness (QED) is 0.853. The lowest BCUT2D eigenvalue weighted by Gasteiger charge is -2.37. The van der Waals surface area contributed by atoms with Crippen LogP contribution in [0.15, 0.2) is 24.3 Å². The van der Waals surface area contributed by atoms with Crippen molar-refractivity contribution in [2.45, 2.75) is 18.4 Å². The zero-order valence-corrected chi connectivity index (χ0v) is 9.83. The summed E-state index contributed by atoms with van der Waals surface area (Å²) in [5.41, 5.74) is 0.742. The van der Waals surface area contributed by atoms with Gasteiger partial charge in [0.05, 0.1) is 12.1 Å². The Bertz CT molecular complexity index is 333. The standard InChI is InChI=1S/C12H16ClNO2/c13-10-1-3-11(4-2-10)14-12(9-15)5-7-16-8-6-12/h1-4,14-15H,5-9H2. The molecular formula is C12H16ClNO2. The highest BCUT2D eigenvalue weighted by Crippen LogP contribution is 2.26. The molecule has 0 amide bonds. The molecule has 1 aliphatic heterocycles. The largest absolute Gasteiger partial charge is 0.394 e. The Morgan fingerprint density at radius 1 is 1.25 bits per heavy atom. The summed E-state index contributed by atoms with van der Waals surface area (Å²) in [6, 6.07) is 7.53. The van der Waals surface area contributed by atoms with E-state index < -0.39 is 0 Å². The molecule has 0 saturated carbocycles. The van der Waals surface area contributed by atoms with Gasteiger partial charge in [-0.05, 0) is 37.1 Å². The van der Waals surface area contributed by atoms with Crippen LogP contribution in [-0.4, -0.2) is 30.5 Å².